The number of carbonyl (C=O) groups is 1. The van der Waals surface area contributed by atoms with Crippen LogP contribution >= 0.6 is 0 Å². The number of anilines is 1. The van der Waals surface area contributed by atoms with E-state index < -0.39 is 0 Å². The van der Waals surface area contributed by atoms with E-state index in [1.54, 1.807) is 17.0 Å². The molecule has 0 spiro atoms. The number of amides is 1. The van der Waals surface area contributed by atoms with E-state index >= 15 is 0 Å². The molecule has 74 valence electrons. The zero-order valence-corrected chi connectivity index (χ0v) is 8.09. The van der Waals surface area contributed by atoms with Crippen molar-refractivity contribution in [3.63, 3.8) is 0 Å². The molecule has 0 aliphatic carbocycles. The van der Waals surface area contributed by atoms with Crippen molar-refractivity contribution in [1.82, 2.24) is 0 Å². The molecule has 2 nitrogen and oxygen atoms in total. The summed E-state index contributed by atoms with van der Waals surface area (Å²) in [6, 6.07) is 4.90. The normalized spacial score (nSPS) is 15.1. The van der Waals surface area contributed by atoms with Gasteiger partial charge in [0.2, 0.25) is 5.91 Å². The largest absolute Gasteiger partial charge is 0.312 e. The van der Waals surface area contributed by atoms with E-state index in [1.807, 2.05) is 0 Å². The molecule has 1 aliphatic rings. The van der Waals surface area contributed by atoms with Crippen molar-refractivity contribution >= 4 is 11.6 Å². The Morgan fingerprint density at radius 3 is 3.00 bits per heavy atom. The van der Waals surface area contributed by atoms with Crippen molar-refractivity contribution in [2.75, 3.05) is 11.4 Å². The van der Waals surface area contributed by atoms with Crippen LogP contribution < -0.4 is 4.90 Å². The van der Waals surface area contributed by atoms with Crippen LogP contribution in [0.3, 0.4) is 0 Å². The van der Waals surface area contributed by atoms with Crippen molar-refractivity contribution in [3.8, 4) is 0 Å². The van der Waals surface area contributed by atoms with Gasteiger partial charge in [-0.15, -0.1) is 0 Å². The maximum absolute atomic E-state index is 13.4. The molecule has 0 saturated heterocycles. The van der Waals surface area contributed by atoms with E-state index in [2.05, 4.69) is 0 Å². The third kappa shape index (κ3) is 1.39. The number of carbonyl (C=O) groups excluding carboxylic acids is 1. The fraction of sp³-hybridized carbons (Fsp3) is 0.364. The van der Waals surface area contributed by atoms with Gasteiger partial charge in [0.15, 0.2) is 0 Å². The van der Waals surface area contributed by atoms with Gasteiger partial charge in [0.05, 0.1) is 0 Å². The van der Waals surface area contributed by atoms with Crippen LogP contribution in [0.1, 0.15) is 18.9 Å². The molecule has 3 heteroatoms. The Labute approximate surface area is 82.3 Å². The standard InChI is InChI=1S/C11H12FNO/c1-8(14)13-7-3-4-9-10(12)5-2-6-11(9)13/h2,5-6H,3-4,7H2,1H3. The van der Waals surface area contributed by atoms with Gasteiger partial charge in [-0.3, -0.25) is 4.79 Å². The molecule has 0 unspecified atom stereocenters. The molecule has 1 amide bonds. The molecular weight excluding hydrogens is 181 g/mol. The van der Waals surface area contributed by atoms with Gasteiger partial charge in [-0.2, -0.15) is 0 Å². The van der Waals surface area contributed by atoms with Gasteiger partial charge in [0.25, 0.3) is 0 Å². The number of halogens is 1. The Morgan fingerprint density at radius 1 is 1.50 bits per heavy atom. The zero-order chi connectivity index (χ0) is 10.1. The molecule has 0 saturated carbocycles. The number of hydrogen-bond donors (Lipinski definition) is 0. The molecule has 1 aromatic carbocycles. The first kappa shape index (κ1) is 9.19. The van der Waals surface area contributed by atoms with Crippen LogP contribution in [0.25, 0.3) is 0 Å². The van der Waals surface area contributed by atoms with Crippen molar-refractivity contribution in [3.05, 3.63) is 29.6 Å². The minimum absolute atomic E-state index is 0.0171. The summed E-state index contributed by atoms with van der Waals surface area (Å²) in [6.07, 6.45) is 1.57. The van der Waals surface area contributed by atoms with Crippen molar-refractivity contribution in [1.29, 1.82) is 0 Å². The molecule has 0 fully saturated rings. The molecule has 0 aromatic heterocycles. The minimum Gasteiger partial charge on any atom is -0.312 e. The van der Waals surface area contributed by atoms with E-state index in [9.17, 15) is 9.18 Å². The first-order valence-electron chi connectivity index (χ1n) is 4.75. The lowest BCUT2D eigenvalue weighted by Gasteiger charge is -2.28. The number of benzene rings is 1. The average molecular weight is 193 g/mol. The third-order valence-electron chi connectivity index (χ3n) is 2.57. The van der Waals surface area contributed by atoms with Crippen LogP contribution in [0.5, 0.6) is 0 Å². The number of rotatable bonds is 0. The Hall–Kier alpha value is -1.38. The summed E-state index contributed by atoms with van der Waals surface area (Å²) < 4.78 is 13.4. The molecule has 0 atom stereocenters. The maximum atomic E-state index is 13.4. The lowest BCUT2D eigenvalue weighted by molar-refractivity contribution is -0.116. The van der Waals surface area contributed by atoms with Gasteiger partial charge >= 0.3 is 0 Å². The summed E-state index contributed by atoms with van der Waals surface area (Å²) in [6.45, 7) is 2.21. The third-order valence-corrected chi connectivity index (χ3v) is 2.57. The Morgan fingerprint density at radius 2 is 2.29 bits per heavy atom. The monoisotopic (exact) mass is 193 g/mol. The van der Waals surface area contributed by atoms with Crippen LogP contribution in [-0.2, 0) is 11.2 Å². The van der Waals surface area contributed by atoms with Gasteiger partial charge < -0.3 is 4.90 Å². The van der Waals surface area contributed by atoms with Gasteiger partial charge in [0, 0.05) is 24.7 Å². The first-order chi connectivity index (χ1) is 6.70. The molecule has 1 heterocycles. The van der Waals surface area contributed by atoms with Crippen LogP contribution in [0.15, 0.2) is 18.2 Å². The van der Waals surface area contributed by atoms with Crippen molar-refractivity contribution < 1.29 is 9.18 Å². The van der Waals surface area contributed by atoms with Crippen LogP contribution in [0.2, 0.25) is 0 Å². The molecular formula is C11H12FNO. The summed E-state index contributed by atoms with van der Waals surface area (Å²) in [5, 5.41) is 0. The molecule has 14 heavy (non-hydrogen) atoms. The molecule has 2 rings (SSSR count). The molecule has 0 radical (unpaired) electrons. The smallest absolute Gasteiger partial charge is 0.223 e. The Balaban J connectivity index is 2.49. The number of hydrogen-bond acceptors (Lipinski definition) is 1. The fourth-order valence-electron chi connectivity index (χ4n) is 1.91. The van der Waals surface area contributed by atoms with Gasteiger partial charge in [-0.1, -0.05) is 6.07 Å². The van der Waals surface area contributed by atoms with Crippen LogP contribution in [0.4, 0.5) is 10.1 Å². The van der Waals surface area contributed by atoms with E-state index in [0.29, 0.717) is 12.1 Å². The van der Waals surface area contributed by atoms with Gasteiger partial charge in [-0.05, 0) is 25.0 Å². The predicted molar refractivity (Wildman–Crippen MR) is 52.7 cm³/mol. The average Bonchev–Trinajstić information content (AvgIpc) is 2.17. The zero-order valence-electron chi connectivity index (χ0n) is 8.09. The van der Waals surface area contributed by atoms with E-state index in [-0.39, 0.29) is 11.7 Å². The molecule has 0 N–H and O–H groups in total. The molecule has 0 bridgehead atoms. The van der Waals surface area contributed by atoms with E-state index in [1.165, 1.54) is 13.0 Å². The predicted octanol–water partition coefficient (Wildman–Crippen LogP) is 2.12. The van der Waals surface area contributed by atoms with Crippen molar-refractivity contribution in [2.45, 2.75) is 19.8 Å². The van der Waals surface area contributed by atoms with Crippen LogP contribution in [-0.4, -0.2) is 12.5 Å². The summed E-state index contributed by atoms with van der Waals surface area (Å²) in [7, 11) is 0. The molecule has 1 aromatic rings. The highest BCUT2D eigenvalue weighted by molar-refractivity contribution is 5.92. The quantitative estimate of drug-likeness (QED) is 0.618. The topological polar surface area (TPSA) is 20.3 Å². The number of fused-ring (bicyclic) bond motifs is 1. The van der Waals surface area contributed by atoms with Crippen LogP contribution in [0, 0.1) is 5.82 Å². The van der Waals surface area contributed by atoms with E-state index in [4.69, 9.17) is 0 Å². The van der Waals surface area contributed by atoms with Crippen molar-refractivity contribution in [2.24, 2.45) is 0 Å². The summed E-state index contributed by atoms with van der Waals surface area (Å²) in [4.78, 5) is 12.9. The highest BCUT2D eigenvalue weighted by Crippen LogP contribution is 2.28. The SMILES string of the molecule is CC(=O)N1CCCc2c(F)cccc21. The first-order valence-corrected chi connectivity index (χ1v) is 4.75. The van der Waals surface area contributed by atoms with Gasteiger partial charge in [-0.25, -0.2) is 4.39 Å². The summed E-state index contributed by atoms with van der Waals surface area (Å²) >= 11 is 0. The number of nitrogens with zero attached hydrogens (tertiary/aromatic N) is 1. The fourth-order valence-corrected chi connectivity index (χ4v) is 1.91. The van der Waals surface area contributed by atoms with Gasteiger partial charge in [0.1, 0.15) is 5.82 Å². The lowest BCUT2D eigenvalue weighted by Crippen LogP contribution is -2.33. The molecule has 1 aliphatic heterocycles. The summed E-state index contributed by atoms with van der Waals surface area (Å²) in [5.74, 6) is -0.218. The lowest BCUT2D eigenvalue weighted by atomic mass is 10.0. The Kier molecular flexibility index (Phi) is 2.23. The highest BCUT2D eigenvalue weighted by atomic mass is 19.1. The summed E-state index contributed by atoms with van der Waals surface area (Å²) in [5.41, 5.74) is 1.41. The minimum atomic E-state index is -0.201. The second-order valence-electron chi connectivity index (χ2n) is 3.51. The second-order valence-corrected chi connectivity index (χ2v) is 3.51. The van der Waals surface area contributed by atoms with E-state index in [0.717, 1.165) is 18.5 Å². The Bertz CT molecular complexity index is 376. The highest BCUT2D eigenvalue weighted by Gasteiger charge is 2.21. The second kappa shape index (κ2) is 3.40. The maximum Gasteiger partial charge on any atom is 0.223 e.